The molecule has 1 rings (SSSR count). The molecule has 6 heteroatoms. The van der Waals surface area contributed by atoms with Crippen LogP contribution in [0.3, 0.4) is 0 Å². The first kappa shape index (κ1) is 11.5. The lowest BCUT2D eigenvalue weighted by Gasteiger charge is -2.07. The monoisotopic (exact) mass is 225 g/mol. The zero-order valence-electron chi connectivity index (χ0n) is 8.14. The molecule has 0 radical (unpaired) electrons. The Hall–Kier alpha value is -1.58. The van der Waals surface area contributed by atoms with Gasteiger partial charge in [0.1, 0.15) is 6.04 Å². The Morgan fingerprint density at radius 1 is 1.53 bits per heavy atom. The largest absolute Gasteiger partial charge is 0.312 e. The van der Waals surface area contributed by atoms with E-state index >= 15 is 0 Å². The number of nitrogens with two attached hydrogens (primary N) is 1. The lowest BCUT2D eigenvalue weighted by atomic mass is 10.1. The summed E-state index contributed by atoms with van der Waals surface area (Å²) in [5, 5.41) is 8.60. The molecular weight excluding hydrogens is 214 g/mol. The van der Waals surface area contributed by atoms with E-state index in [9.17, 15) is 8.42 Å². The van der Waals surface area contributed by atoms with E-state index in [2.05, 4.69) is 4.72 Å². The van der Waals surface area contributed by atoms with Crippen LogP contribution in [0.2, 0.25) is 0 Å². The van der Waals surface area contributed by atoms with E-state index in [4.69, 9.17) is 11.0 Å². The van der Waals surface area contributed by atoms with E-state index in [0.29, 0.717) is 11.3 Å². The van der Waals surface area contributed by atoms with E-state index in [0.717, 1.165) is 6.26 Å². The van der Waals surface area contributed by atoms with Gasteiger partial charge in [0.05, 0.1) is 12.3 Å². The maximum absolute atomic E-state index is 10.9. The van der Waals surface area contributed by atoms with Gasteiger partial charge in [-0.1, -0.05) is 12.1 Å². The fourth-order valence-electron chi connectivity index (χ4n) is 1.08. The maximum Gasteiger partial charge on any atom is 0.229 e. The van der Waals surface area contributed by atoms with Gasteiger partial charge in [-0.15, -0.1) is 0 Å². The molecule has 0 fully saturated rings. The summed E-state index contributed by atoms with van der Waals surface area (Å²) in [6.07, 6.45) is 1.06. The number of sulfonamides is 1. The number of hydrogen-bond donors (Lipinski definition) is 2. The summed E-state index contributed by atoms with van der Waals surface area (Å²) >= 11 is 0. The molecule has 1 aromatic carbocycles. The normalized spacial score (nSPS) is 12.9. The van der Waals surface area contributed by atoms with Gasteiger partial charge in [-0.2, -0.15) is 5.26 Å². The van der Waals surface area contributed by atoms with Gasteiger partial charge in [0, 0.05) is 5.69 Å². The Labute approximate surface area is 88.6 Å². The van der Waals surface area contributed by atoms with Crippen LogP contribution in [0.5, 0.6) is 0 Å². The Morgan fingerprint density at radius 3 is 2.73 bits per heavy atom. The topological polar surface area (TPSA) is 96.0 Å². The average molecular weight is 225 g/mol. The van der Waals surface area contributed by atoms with Gasteiger partial charge >= 0.3 is 0 Å². The molecule has 1 atom stereocenters. The number of benzene rings is 1. The third-order valence-electron chi connectivity index (χ3n) is 1.69. The van der Waals surface area contributed by atoms with Crippen LogP contribution < -0.4 is 10.5 Å². The predicted octanol–water partition coefficient (Wildman–Crippen LogP) is 0.581. The second kappa shape index (κ2) is 4.29. The quantitative estimate of drug-likeness (QED) is 0.786. The van der Waals surface area contributed by atoms with Crippen molar-refractivity contribution in [2.24, 2.45) is 5.73 Å². The Morgan fingerprint density at radius 2 is 2.20 bits per heavy atom. The van der Waals surface area contributed by atoms with E-state index in [1.165, 1.54) is 6.07 Å². The number of nitriles is 1. The summed E-state index contributed by atoms with van der Waals surface area (Å²) in [6, 6.07) is 7.56. The smallest absolute Gasteiger partial charge is 0.229 e. The summed E-state index contributed by atoms with van der Waals surface area (Å²) in [5.74, 6) is 0. The van der Waals surface area contributed by atoms with Crippen LogP contribution in [-0.4, -0.2) is 14.7 Å². The van der Waals surface area contributed by atoms with E-state index < -0.39 is 16.1 Å². The molecule has 3 N–H and O–H groups in total. The average Bonchev–Trinajstić information content (AvgIpc) is 2.14. The molecule has 0 aliphatic rings. The molecule has 0 bridgehead atoms. The molecule has 0 aliphatic heterocycles. The first-order chi connectivity index (χ1) is 6.92. The molecule has 0 aromatic heterocycles. The fraction of sp³-hybridized carbons (Fsp3) is 0.222. The third kappa shape index (κ3) is 3.58. The molecule has 0 saturated heterocycles. The molecule has 0 amide bonds. The van der Waals surface area contributed by atoms with Crippen molar-refractivity contribution in [3.63, 3.8) is 0 Å². The molecule has 0 heterocycles. The van der Waals surface area contributed by atoms with Crippen molar-refractivity contribution in [3.05, 3.63) is 29.8 Å². The number of nitrogens with zero attached hydrogens (tertiary/aromatic N) is 1. The second-order valence-corrected chi connectivity index (χ2v) is 4.85. The highest BCUT2D eigenvalue weighted by molar-refractivity contribution is 7.92. The van der Waals surface area contributed by atoms with Crippen LogP contribution in [0.1, 0.15) is 11.6 Å². The maximum atomic E-state index is 10.9. The zero-order valence-corrected chi connectivity index (χ0v) is 8.95. The first-order valence-corrected chi connectivity index (χ1v) is 6.04. The molecule has 1 unspecified atom stereocenters. The van der Waals surface area contributed by atoms with E-state index in [1.54, 1.807) is 18.2 Å². The van der Waals surface area contributed by atoms with Gasteiger partial charge in [-0.25, -0.2) is 8.42 Å². The lowest BCUT2D eigenvalue weighted by molar-refractivity contribution is 0.607. The van der Waals surface area contributed by atoms with Crippen molar-refractivity contribution in [1.29, 1.82) is 5.26 Å². The summed E-state index contributed by atoms with van der Waals surface area (Å²) in [4.78, 5) is 0. The van der Waals surface area contributed by atoms with Crippen LogP contribution in [-0.2, 0) is 10.0 Å². The van der Waals surface area contributed by atoms with E-state index in [-0.39, 0.29) is 0 Å². The fourth-order valence-corrected chi connectivity index (χ4v) is 1.64. The summed E-state index contributed by atoms with van der Waals surface area (Å²) < 4.78 is 24.2. The van der Waals surface area contributed by atoms with Crippen LogP contribution in [0, 0.1) is 11.3 Å². The van der Waals surface area contributed by atoms with Crippen molar-refractivity contribution in [2.75, 3.05) is 11.0 Å². The van der Waals surface area contributed by atoms with Crippen molar-refractivity contribution >= 4 is 15.7 Å². The van der Waals surface area contributed by atoms with Gasteiger partial charge in [0.2, 0.25) is 10.0 Å². The van der Waals surface area contributed by atoms with Crippen molar-refractivity contribution in [2.45, 2.75) is 6.04 Å². The van der Waals surface area contributed by atoms with Crippen LogP contribution in [0.4, 0.5) is 5.69 Å². The highest BCUT2D eigenvalue weighted by atomic mass is 32.2. The highest BCUT2D eigenvalue weighted by Gasteiger charge is 2.06. The summed E-state index contributed by atoms with van der Waals surface area (Å²) in [7, 11) is -3.30. The Kier molecular flexibility index (Phi) is 3.29. The minimum Gasteiger partial charge on any atom is -0.312 e. The van der Waals surface area contributed by atoms with Crippen LogP contribution in [0.25, 0.3) is 0 Å². The third-order valence-corrected chi connectivity index (χ3v) is 2.29. The molecule has 0 spiro atoms. The SMILES string of the molecule is CS(=O)(=O)Nc1cccc(C(N)C#N)c1. The summed E-state index contributed by atoms with van der Waals surface area (Å²) in [6.45, 7) is 0. The Bertz CT molecular complexity index is 490. The highest BCUT2D eigenvalue weighted by Crippen LogP contribution is 2.16. The molecule has 5 nitrogen and oxygen atoms in total. The standard InChI is InChI=1S/C9H11N3O2S/c1-15(13,14)12-8-4-2-3-7(5-8)9(11)6-10/h2-5,9,12H,11H2,1H3. The van der Waals surface area contributed by atoms with Crippen LogP contribution in [0.15, 0.2) is 24.3 Å². The number of nitrogens with one attached hydrogen (secondary N) is 1. The second-order valence-electron chi connectivity index (χ2n) is 3.11. The minimum atomic E-state index is -3.30. The van der Waals surface area contributed by atoms with Crippen LogP contribution >= 0.6 is 0 Å². The van der Waals surface area contributed by atoms with E-state index in [1.807, 2.05) is 6.07 Å². The summed E-state index contributed by atoms with van der Waals surface area (Å²) in [5.41, 5.74) is 6.47. The van der Waals surface area contributed by atoms with Gasteiger partial charge in [-0.3, -0.25) is 4.72 Å². The number of rotatable bonds is 3. The minimum absolute atomic E-state index is 0.403. The molecule has 1 aromatic rings. The van der Waals surface area contributed by atoms with Gasteiger partial charge in [-0.05, 0) is 17.7 Å². The molecule has 80 valence electrons. The van der Waals surface area contributed by atoms with Crippen molar-refractivity contribution < 1.29 is 8.42 Å². The molecule has 15 heavy (non-hydrogen) atoms. The van der Waals surface area contributed by atoms with Gasteiger partial charge < -0.3 is 5.73 Å². The van der Waals surface area contributed by atoms with Crippen molar-refractivity contribution in [3.8, 4) is 6.07 Å². The number of hydrogen-bond acceptors (Lipinski definition) is 4. The molecular formula is C9H11N3O2S. The predicted molar refractivity (Wildman–Crippen MR) is 57.4 cm³/mol. The van der Waals surface area contributed by atoms with Gasteiger partial charge in [0.25, 0.3) is 0 Å². The number of anilines is 1. The first-order valence-electron chi connectivity index (χ1n) is 4.15. The van der Waals surface area contributed by atoms with Crippen molar-refractivity contribution in [1.82, 2.24) is 0 Å². The zero-order chi connectivity index (χ0) is 11.5. The van der Waals surface area contributed by atoms with Gasteiger partial charge in [0.15, 0.2) is 0 Å². The lowest BCUT2D eigenvalue weighted by Crippen LogP contribution is -2.11. The Balaban J connectivity index is 2.99. The molecule has 0 saturated carbocycles. The molecule has 0 aliphatic carbocycles.